The first-order valence-electron chi connectivity index (χ1n) is 3.29. The summed E-state index contributed by atoms with van der Waals surface area (Å²) in [6.07, 6.45) is 1.81. The Kier molecular flexibility index (Phi) is 2.45. The Morgan fingerprint density at radius 3 is 2.90 bits per heavy atom. The molecule has 0 atom stereocenters. The summed E-state index contributed by atoms with van der Waals surface area (Å²) in [6.45, 7) is 3.77. The highest BCUT2D eigenvalue weighted by Gasteiger charge is 2.05. The number of rotatable bonds is 2. The Balaban J connectivity index is 3.01. The van der Waals surface area contributed by atoms with Gasteiger partial charge in [-0.2, -0.15) is 5.10 Å². The molecule has 0 unspecified atom stereocenters. The molecule has 3 nitrogen and oxygen atoms in total. The number of hydrogen-bond acceptors (Lipinski definition) is 1. The zero-order chi connectivity index (χ0) is 7.56. The molecule has 0 aliphatic heterocycles. The lowest BCUT2D eigenvalue weighted by Crippen LogP contribution is -2.48. The molecule has 1 aromatic heterocycles. The van der Waals surface area contributed by atoms with Crippen LogP contribution in [0.5, 0.6) is 0 Å². The minimum atomic E-state index is 0.786. The molecule has 1 rings (SSSR count). The Hall–Kier alpha value is -0.350. The Morgan fingerprint density at radius 1 is 1.80 bits per heavy atom. The van der Waals surface area contributed by atoms with Crippen LogP contribution in [0.1, 0.15) is 12.6 Å². The van der Waals surface area contributed by atoms with Gasteiger partial charge in [0, 0.05) is 6.54 Å². The number of aromatic nitrogens is 2. The summed E-state index contributed by atoms with van der Waals surface area (Å²) >= 11 is 3.39. The van der Waals surface area contributed by atoms with E-state index in [4.69, 9.17) is 0 Å². The van der Waals surface area contributed by atoms with Crippen molar-refractivity contribution in [2.45, 2.75) is 20.0 Å². The maximum Gasteiger partial charge on any atom is 0.118 e. The van der Waals surface area contributed by atoms with Crippen LogP contribution in [0.4, 0.5) is 0 Å². The summed E-state index contributed by atoms with van der Waals surface area (Å²) in [7, 11) is 0. The minimum absolute atomic E-state index is 0.786. The highest BCUT2D eigenvalue weighted by molar-refractivity contribution is 9.10. The molecule has 0 aliphatic rings. The predicted molar refractivity (Wildman–Crippen MR) is 42.2 cm³/mol. The van der Waals surface area contributed by atoms with Crippen molar-refractivity contribution in [1.82, 2.24) is 9.78 Å². The normalized spacial score (nSPS) is 10.3. The van der Waals surface area contributed by atoms with Crippen molar-refractivity contribution in [1.29, 1.82) is 0 Å². The third-order valence-corrected chi connectivity index (χ3v) is 2.10. The molecule has 10 heavy (non-hydrogen) atoms. The van der Waals surface area contributed by atoms with Crippen LogP contribution >= 0.6 is 15.9 Å². The van der Waals surface area contributed by atoms with Gasteiger partial charge in [-0.3, -0.25) is 4.68 Å². The van der Waals surface area contributed by atoms with E-state index in [9.17, 15) is 0 Å². The van der Waals surface area contributed by atoms with Crippen molar-refractivity contribution in [2.24, 2.45) is 0 Å². The molecule has 0 spiro atoms. The van der Waals surface area contributed by atoms with E-state index >= 15 is 0 Å². The van der Waals surface area contributed by atoms with Crippen molar-refractivity contribution in [2.75, 3.05) is 0 Å². The zero-order valence-electron chi connectivity index (χ0n) is 5.97. The summed E-state index contributed by atoms with van der Waals surface area (Å²) in [5.74, 6) is 0. The Labute approximate surface area is 68.3 Å². The van der Waals surface area contributed by atoms with Gasteiger partial charge in [0.15, 0.2) is 0 Å². The van der Waals surface area contributed by atoms with Gasteiger partial charge in [0.25, 0.3) is 0 Å². The van der Waals surface area contributed by atoms with Crippen LogP contribution in [0.25, 0.3) is 0 Å². The first-order chi connectivity index (χ1) is 4.79. The molecule has 3 N–H and O–H groups in total. The minimum Gasteiger partial charge on any atom is -0.353 e. The van der Waals surface area contributed by atoms with Crippen molar-refractivity contribution in [3.05, 3.63) is 16.4 Å². The maximum absolute atomic E-state index is 4.13. The highest BCUT2D eigenvalue weighted by Crippen LogP contribution is 2.13. The van der Waals surface area contributed by atoms with Gasteiger partial charge in [0.05, 0.1) is 10.7 Å². The molecule has 1 heterocycles. The van der Waals surface area contributed by atoms with Crippen LogP contribution in [0.15, 0.2) is 10.7 Å². The number of nitrogens with zero attached hydrogens (tertiary/aromatic N) is 2. The average molecular weight is 205 g/mol. The highest BCUT2D eigenvalue weighted by atomic mass is 79.9. The van der Waals surface area contributed by atoms with Crippen molar-refractivity contribution in [3.63, 3.8) is 0 Å². The molecular weight excluding hydrogens is 194 g/mol. The third kappa shape index (κ3) is 1.22. The number of aryl methyl sites for hydroxylation is 1. The SMILES string of the molecule is CCn1ncc(Br)c1C[NH3+]. The Morgan fingerprint density at radius 2 is 2.50 bits per heavy atom. The molecule has 1 aromatic rings. The molecule has 0 aliphatic carbocycles. The lowest BCUT2D eigenvalue weighted by molar-refractivity contribution is -0.388. The van der Waals surface area contributed by atoms with Crippen LogP contribution in [-0.4, -0.2) is 9.78 Å². The van der Waals surface area contributed by atoms with Crippen LogP contribution in [0, 0.1) is 0 Å². The molecule has 0 saturated carbocycles. The van der Waals surface area contributed by atoms with E-state index in [2.05, 4.69) is 33.7 Å². The van der Waals surface area contributed by atoms with E-state index in [1.807, 2.05) is 10.9 Å². The maximum atomic E-state index is 4.13. The zero-order valence-corrected chi connectivity index (χ0v) is 7.56. The molecule has 0 saturated heterocycles. The first kappa shape index (κ1) is 7.75. The second-order valence-electron chi connectivity index (χ2n) is 2.00. The van der Waals surface area contributed by atoms with Crippen molar-refractivity contribution >= 4 is 15.9 Å². The fourth-order valence-corrected chi connectivity index (χ4v) is 1.40. The van der Waals surface area contributed by atoms with Gasteiger partial charge in [-0.05, 0) is 22.9 Å². The van der Waals surface area contributed by atoms with Gasteiger partial charge in [-0.25, -0.2) is 0 Å². The van der Waals surface area contributed by atoms with Gasteiger partial charge in [-0.15, -0.1) is 0 Å². The summed E-state index contributed by atoms with van der Waals surface area (Å²) in [6, 6.07) is 0. The smallest absolute Gasteiger partial charge is 0.118 e. The molecule has 56 valence electrons. The van der Waals surface area contributed by atoms with Crippen LogP contribution in [-0.2, 0) is 13.1 Å². The second kappa shape index (κ2) is 3.16. The van der Waals surface area contributed by atoms with Crippen LogP contribution < -0.4 is 5.73 Å². The topological polar surface area (TPSA) is 45.5 Å². The molecule has 0 bridgehead atoms. The fraction of sp³-hybridized carbons (Fsp3) is 0.500. The monoisotopic (exact) mass is 204 g/mol. The third-order valence-electron chi connectivity index (χ3n) is 1.43. The van der Waals surface area contributed by atoms with Gasteiger partial charge < -0.3 is 5.73 Å². The van der Waals surface area contributed by atoms with E-state index in [0.717, 1.165) is 17.6 Å². The lowest BCUT2D eigenvalue weighted by Gasteiger charge is -1.98. The summed E-state index contributed by atoms with van der Waals surface area (Å²) < 4.78 is 3.00. The lowest BCUT2D eigenvalue weighted by atomic mass is 10.4. The van der Waals surface area contributed by atoms with Crippen LogP contribution in [0.3, 0.4) is 0 Å². The van der Waals surface area contributed by atoms with Gasteiger partial charge in [-0.1, -0.05) is 0 Å². The standard InChI is InChI=1S/C6H10BrN3/c1-2-10-6(3-8)5(7)4-9-10/h4H,2-3,8H2,1H3/p+1. The quantitative estimate of drug-likeness (QED) is 0.746. The molecule has 0 amide bonds. The van der Waals surface area contributed by atoms with Crippen molar-refractivity contribution in [3.8, 4) is 0 Å². The van der Waals surface area contributed by atoms with Gasteiger partial charge in [0.2, 0.25) is 0 Å². The summed E-state index contributed by atoms with van der Waals surface area (Å²) in [5, 5.41) is 4.13. The average Bonchev–Trinajstić information content (AvgIpc) is 2.30. The predicted octanol–water partition coefficient (Wildman–Crippen LogP) is 0.407. The fourth-order valence-electron chi connectivity index (χ4n) is 0.909. The number of quaternary nitrogens is 1. The largest absolute Gasteiger partial charge is 0.353 e. The molecular formula is C6H11BrN3+. The van der Waals surface area contributed by atoms with E-state index in [0.29, 0.717) is 0 Å². The van der Waals surface area contributed by atoms with E-state index in [-0.39, 0.29) is 0 Å². The second-order valence-corrected chi connectivity index (χ2v) is 2.86. The van der Waals surface area contributed by atoms with Crippen LogP contribution in [0.2, 0.25) is 0 Å². The summed E-state index contributed by atoms with van der Waals surface area (Å²) in [5.41, 5.74) is 4.98. The molecule has 0 radical (unpaired) electrons. The van der Waals surface area contributed by atoms with E-state index < -0.39 is 0 Å². The van der Waals surface area contributed by atoms with E-state index in [1.165, 1.54) is 5.69 Å². The van der Waals surface area contributed by atoms with Gasteiger partial charge >= 0.3 is 0 Å². The molecule has 0 aromatic carbocycles. The Bertz CT molecular complexity index is 219. The van der Waals surface area contributed by atoms with E-state index in [1.54, 1.807) is 0 Å². The first-order valence-corrected chi connectivity index (χ1v) is 4.08. The molecule has 4 heteroatoms. The van der Waals surface area contributed by atoms with Crippen molar-refractivity contribution < 1.29 is 5.73 Å². The number of halogens is 1. The van der Waals surface area contributed by atoms with Gasteiger partial charge in [0.1, 0.15) is 12.2 Å². The summed E-state index contributed by atoms with van der Waals surface area (Å²) in [4.78, 5) is 0. The number of hydrogen-bond donors (Lipinski definition) is 1. The molecule has 0 fully saturated rings.